The third kappa shape index (κ3) is 3.06. The quantitative estimate of drug-likeness (QED) is 0.820. The molecular formula is C22H29N3O4. The van der Waals surface area contributed by atoms with Crippen molar-refractivity contribution in [1.82, 2.24) is 15.1 Å². The van der Waals surface area contributed by atoms with E-state index in [1.807, 2.05) is 4.90 Å². The van der Waals surface area contributed by atoms with Gasteiger partial charge >= 0.3 is 0 Å². The van der Waals surface area contributed by atoms with Gasteiger partial charge in [0.15, 0.2) is 5.72 Å². The molecule has 3 saturated carbocycles. The molecule has 1 N–H and O–H groups in total. The summed E-state index contributed by atoms with van der Waals surface area (Å²) in [5.41, 5.74) is -0.152. The zero-order chi connectivity index (χ0) is 20.2. The Morgan fingerprint density at radius 1 is 1.24 bits per heavy atom. The first-order valence-electron chi connectivity index (χ1n) is 10.7. The highest BCUT2D eigenvalue weighted by Gasteiger charge is 2.57. The molecule has 1 aromatic carbocycles. The van der Waals surface area contributed by atoms with E-state index in [1.165, 1.54) is 0 Å². The summed E-state index contributed by atoms with van der Waals surface area (Å²) in [5.74, 6) is 1.92. The van der Waals surface area contributed by atoms with Crippen molar-refractivity contribution in [2.75, 3.05) is 40.3 Å². The smallest absolute Gasteiger partial charge is 0.258 e. The number of amides is 2. The van der Waals surface area contributed by atoms with E-state index in [9.17, 15) is 9.59 Å². The second-order valence-corrected chi connectivity index (χ2v) is 9.02. The summed E-state index contributed by atoms with van der Waals surface area (Å²) < 4.78 is 11.8. The van der Waals surface area contributed by atoms with Crippen LogP contribution in [0.25, 0.3) is 0 Å². The predicted molar refractivity (Wildman–Crippen MR) is 107 cm³/mol. The average molecular weight is 399 g/mol. The Kier molecular flexibility index (Phi) is 4.46. The van der Waals surface area contributed by atoms with Crippen LogP contribution in [0.3, 0.4) is 0 Å². The average Bonchev–Trinajstić information content (AvgIpc) is 2.73. The normalized spacial score (nSPS) is 33.8. The van der Waals surface area contributed by atoms with Crippen molar-refractivity contribution in [3.8, 4) is 11.5 Å². The standard InChI is InChI=1S/C22H29N3O4/c1-24-7-9-25(10-8-24)21(27)18-11-15-4-3-14(18)13-22(15)23-20(26)17-6-5-16(28-2)12-19(17)29-22/h5-6,12,14-15,18H,3-4,7-11,13H2,1-2H3,(H,23,26)/t14-,15-,18+,22+/m1/s1. The minimum absolute atomic E-state index is 0.0509. The number of piperazine rings is 1. The van der Waals surface area contributed by atoms with E-state index >= 15 is 0 Å². The molecule has 0 unspecified atom stereocenters. The fourth-order valence-corrected chi connectivity index (χ4v) is 5.68. The Labute approximate surface area is 171 Å². The second kappa shape index (κ2) is 6.90. The predicted octanol–water partition coefficient (Wildman–Crippen LogP) is 1.72. The Balaban J connectivity index is 1.36. The van der Waals surface area contributed by atoms with Crippen LogP contribution in [-0.4, -0.2) is 67.7 Å². The van der Waals surface area contributed by atoms with Gasteiger partial charge in [-0.2, -0.15) is 0 Å². The number of methoxy groups -OCH3 is 1. The van der Waals surface area contributed by atoms with Gasteiger partial charge in [-0.25, -0.2) is 0 Å². The minimum Gasteiger partial charge on any atom is -0.497 e. The molecular weight excluding hydrogens is 370 g/mol. The molecule has 1 aromatic rings. The van der Waals surface area contributed by atoms with Crippen molar-refractivity contribution in [3.63, 3.8) is 0 Å². The Hall–Kier alpha value is -2.28. The first-order valence-corrected chi connectivity index (χ1v) is 10.7. The van der Waals surface area contributed by atoms with Crippen LogP contribution >= 0.6 is 0 Å². The fourth-order valence-electron chi connectivity index (χ4n) is 5.68. The van der Waals surface area contributed by atoms with Crippen LogP contribution in [0.4, 0.5) is 0 Å². The van der Waals surface area contributed by atoms with Crippen LogP contribution < -0.4 is 14.8 Å². The lowest BCUT2D eigenvalue weighted by atomic mass is 9.59. The molecule has 2 bridgehead atoms. The maximum absolute atomic E-state index is 13.2. The molecule has 5 aliphatic rings. The molecule has 1 saturated heterocycles. The van der Waals surface area contributed by atoms with Crippen LogP contribution in [-0.2, 0) is 4.79 Å². The molecule has 0 aromatic heterocycles. The number of nitrogens with one attached hydrogen (secondary N) is 1. The van der Waals surface area contributed by atoms with Crippen LogP contribution in [0.2, 0.25) is 0 Å². The highest BCUT2D eigenvalue weighted by atomic mass is 16.5. The molecule has 2 aliphatic heterocycles. The van der Waals surface area contributed by atoms with Gasteiger partial charge in [0.05, 0.1) is 12.7 Å². The van der Waals surface area contributed by atoms with Crippen molar-refractivity contribution in [2.24, 2.45) is 17.8 Å². The second-order valence-electron chi connectivity index (χ2n) is 9.02. The van der Waals surface area contributed by atoms with Crippen molar-refractivity contribution >= 4 is 11.8 Å². The summed E-state index contributed by atoms with van der Waals surface area (Å²) in [6.07, 6.45) is 3.50. The third-order valence-electron chi connectivity index (χ3n) is 7.40. The monoisotopic (exact) mass is 399 g/mol. The van der Waals surface area contributed by atoms with Crippen LogP contribution in [0.5, 0.6) is 11.5 Å². The molecule has 7 heteroatoms. The number of ether oxygens (including phenoxy) is 2. The highest BCUT2D eigenvalue weighted by molar-refractivity contribution is 5.98. The van der Waals surface area contributed by atoms with Crippen molar-refractivity contribution in [2.45, 2.75) is 31.4 Å². The largest absolute Gasteiger partial charge is 0.497 e. The minimum atomic E-state index is -0.696. The molecule has 7 nitrogen and oxygen atoms in total. The fraction of sp³-hybridized carbons (Fsp3) is 0.636. The number of hydrogen-bond donors (Lipinski definition) is 1. The maximum Gasteiger partial charge on any atom is 0.258 e. The first kappa shape index (κ1) is 18.7. The Morgan fingerprint density at radius 2 is 2.03 bits per heavy atom. The van der Waals surface area contributed by atoms with Gasteiger partial charge < -0.3 is 24.6 Å². The van der Waals surface area contributed by atoms with Gasteiger partial charge in [-0.15, -0.1) is 0 Å². The van der Waals surface area contributed by atoms with E-state index in [0.29, 0.717) is 29.4 Å². The molecule has 0 radical (unpaired) electrons. The summed E-state index contributed by atoms with van der Waals surface area (Å²) >= 11 is 0. The van der Waals surface area contributed by atoms with E-state index in [4.69, 9.17) is 9.47 Å². The van der Waals surface area contributed by atoms with Crippen LogP contribution in [0, 0.1) is 17.8 Å². The van der Waals surface area contributed by atoms with E-state index in [1.54, 1.807) is 25.3 Å². The number of fused-ring (bicyclic) bond motifs is 3. The van der Waals surface area contributed by atoms with Gasteiger partial charge in [0.2, 0.25) is 5.91 Å². The van der Waals surface area contributed by atoms with Crippen molar-refractivity contribution in [3.05, 3.63) is 23.8 Å². The zero-order valence-corrected chi connectivity index (χ0v) is 17.1. The highest BCUT2D eigenvalue weighted by Crippen LogP contribution is 2.53. The van der Waals surface area contributed by atoms with Crippen molar-refractivity contribution in [1.29, 1.82) is 0 Å². The van der Waals surface area contributed by atoms with Gasteiger partial charge in [0.1, 0.15) is 11.5 Å². The van der Waals surface area contributed by atoms with Crippen LogP contribution in [0.1, 0.15) is 36.0 Å². The first-order chi connectivity index (χ1) is 14.0. The summed E-state index contributed by atoms with van der Waals surface area (Å²) in [7, 11) is 3.71. The van der Waals surface area contributed by atoms with E-state index in [-0.39, 0.29) is 23.7 Å². The number of carbonyl (C=O) groups excluding carboxylic acids is 2. The molecule has 4 atom stereocenters. The molecule has 2 amide bonds. The number of nitrogens with zero attached hydrogens (tertiary/aromatic N) is 2. The molecule has 3 aliphatic carbocycles. The van der Waals surface area contributed by atoms with Crippen molar-refractivity contribution < 1.29 is 19.1 Å². The number of likely N-dealkylation sites (N-methyl/N-ethyl adjacent to an activating group) is 1. The Morgan fingerprint density at radius 3 is 2.72 bits per heavy atom. The lowest BCUT2D eigenvalue weighted by Gasteiger charge is -2.55. The van der Waals surface area contributed by atoms with E-state index in [2.05, 4.69) is 17.3 Å². The summed E-state index contributed by atoms with van der Waals surface area (Å²) in [6.45, 7) is 3.51. The maximum atomic E-state index is 13.2. The summed E-state index contributed by atoms with van der Waals surface area (Å²) in [5, 5.41) is 3.17. The van der Waals surface area contributed by atoms with E-state index < -0.39 is 5.72 Å². The molecule has 156 valence electrons. The summed E-state index contributed by atoms with van der Waals surface area (Å²) in [4.78, 5) is 30.4. The third-order valence-corrected chi connectivity index (χ3v) is 7.40. The van der Waals surface area contributed by atoms with Gasteiger partial charge in [-0.3, -0.25) is 9.59 Å². The summed E-state index contributed by atoms with van der Waals surface area (Å²) in [6, 6.07) is 5.32. The topological polar surface area (TPSA) is 71.1 Å². The molecule has 2 heterocycles. The number of rotatable bonds is 2. The molecule has 29 heavy (non-hydrogen) atoms. The van der Waals surface area contributed by atoms with E-state index in [0.717, 1.165) is 45.4 Å². The van der Waals surface area contributed by atoms with Crippen LogP contribution in [0.15, 0.2) is 18.2 Å². The number of carbonyl (C=O) groups is 2. The lowest BCUT2D eigenvalue weighted by Crippen LogP contribution is -2.67. The molecule has 4 fully saturated rings. The Bertz CT molecular complexity index is 835. The van der Waals surface area contributed by atoms with Gasteiger partial charge in [0, 0.05) is 50.5 Å². The molecule has 1 spiro atoms. The SMILES string of the molecule is COc1ccc2c(c1)O[C@]1(C[C@H]3CC[C@@H]1C[C@@H]3C(=O)N1CCN(C)CC1)NC2=O. The van der Waals surface area contributed by atoms with Gasteiger partial charge in [-0.05, 0) is 44.4 Å². The lowest BCUT2D eigenvalue weighted by molar-refractivity contribution is -0.156. The number of hydrogen-bond acceptors (Lipinski definition) is 5. The molecule has 6 rings (SSSR count). The zero-order valence-electron chi connectivity index (χ0n) is 17.1. The van der Waals surface area contributed by atoms with Gasteiger partial charge in [-0.1, -0.05) is 0 Å². The number of benzene rings is 1. The van der Waals surface area contributed by atoms with Gasteiger partial charge in [0.25, 0.3) is 5.91 Å².